The molecule has 1 atom stereocenters. The average molecular weight is 435 g/mol. The molecule has 0 radical (unpaired) electrons. The molecule has 0 heterocycles. The number of carbonyl (C=O) groups excluding carboxylic acids is 2. The van der Waals surface area contributed by atoms with Gasteiger partial charge >= 0.3 is 0 Å². The summed E-state index contributed by atoms with van der Waals surface area (Å²) in [6, 6.07) is 36.9. The van der Waals surface area contributed by atoms with E-state index in [4.69, 9.17) is 0 Å². The van der Waals surface area contributed by atoms with E-state index in [1.807, 2.05) is 110 Å². The summed E-state index contributed by atoms with van der Waals surface area (Å²) in [6.45, 7) is 1.87. The molecule has 0 aliphatic rings. The Bertz CT molecular complexity index is 1170. The van der Waals surface area contributed by atoms with Gasteiger partial charge in [0.2, 0.25) is 5.91 Å². The molecule has 0 aliphatic heterocycles. The third kappa shape index (κ3) is 5.18. The Morgan fingerprint density at radius 3 is 1.55 bits per heavy atom. The number of hydrogen-bond donors (Lipinski definition) is 2. The molecule has 4 nitrogen and oxygen atoms in total. The van der Waals surface area contributed by atoms with Crippen molar-refractivity contribution in [2.45, 2.75) is 18.8 Å². The maximum absolute atomic E-state index is 13.6. The average Bonchev–Trinajstić information content (AvgIpc) is 2.87. The second-order valence-corrected chi connectivity index (χ2v) is 7.95. The summed E-state index contributed by atoms with van der Waals surface area (Å²) in [5.74, 6) is -1.40. The number of amides is 2. The van der Waals surface area contributed by atoms with Crippen LogP contribution in [0.1, 0.15) is 44.4 Å². The van der Waals surface area contributed by atoms with Crippen molar-refractivity contribution in [2.75, 3.05) is 0 Å². The third-order valence-corrected chi connectivity index (χ3v) is 5.78. The fourth-order valence-corrected chi connectivity index (χ4v) is 4.14. The van der Waals surface area contributed by atoms with E-state index >= 15 is 0 Å². The first-order valence-corrected chi connectivity index (χ1v) is 11.0. The molecule has 0 spiro atoms. The molecule has 0 saturated heterocycles. The van der Waals surface area contributed by atoms with E-state index in [-0.39, 0.29) is 17.7 Å². The van der Waals surface area contributed by atoms with Crippen molar-refractivity contribution in [3.63, 3.8) is 0 Å². The molecule has 0 fully saturated rings. The van der Waals surface area contributed by atoms with Gasteiger partial charge in [-0.05, 0) is 35.2 Å². The van der Waals surface area contributed by atoms with Crippen molar-refractivity contribution in [1.29, 1.82) is 0 Å². The second-order valence-electron chi connectivity index (χ2n) is 7.95. The Morgan fingerprint density at radius 2 is 1.03 bits per heavy atom. The van der Waals surface area contributed by atoms with E-state index in [1.165, 1.54) is 0 Å². The zero-order valence-electron chi connectivity index (χ0n) is 18.4. The van der Waals surface area contributed by atoms with E-state index in [0.29, 0.717) is 5.56 Å². The molecule has 0 saturated carbocycles. The van der Waals surface area contributed by atoms with Crippen LogP contribution in [0.5, 0.6) is 0 Å². The first kappa shape index (κ1) is 22.0. The van der Waals surface area contributed by atoms with Crippen molar-refractivity contribution in [1.82, 2.24) is 10.9 Å². The van der Waals surface area contributed by atoms with Crippen molar-refractivity contribution in [3.05, 3.63) is 143 Å². The zero-order chi connectivity index (χ0) is 23.0. The maximum Gasteiger partial charge on any atom is 0.269 e. The summed E-state index contributed by atoms with van der Waals surface area (Å²) in [5, 5.41) is 0. The van der Waals surface area contributed by atoms with Gasteiger partial charge in [-0.1, -0.05) is 109 Å². The second kappa shape index (κ2) is 10.4. The van der Waals surface area contributed by atoms with Gasteiger partial charge in [0.1, 0.15) is 0 Å². The topological polar surface area (TPSA) is 58.2 Å². The Labute approximate surface area is 194 Å². The van der Waals surface area contributed by atoms with E-state index < -0.39 is 5.92 Å². The SMILES string of the molecule is Cc1ccccc1C(=O)NNC(=O)C(c1ccccc1)C(c1ccccc1)c1ccccc1. The van der Waals surface area contributed by atoms with Crippen LogP contribution in [0.15, 0.2) is 115 Å². The number of carbonyl (C=O) groups is 2. The van der Waals surface area contributed by atoms with Crippen LogP contribution in [0.2, 0.25) is 0 Å². The van der Waals surface area contributed by atoms with Gasteiger partial charge in [0.05, 0.1) is 5.92 Å². The zero-order valence-corrected chi connectivity index (χ0v) is 18.4. The molecule has 164 valence electrons. The van der Waals surface area contributed by atoms with E-state index in [2.05, 4.69) is 10.9 Å². The lowest BCUT2D eigenvalue weighted by Gasteiger charge is -2.28. The van der Waals surface area contributed by atoms with Crippen LogP contribution in [-0.4, -0.2) is 11.8 Å². The van der Waals surface area contributed by atoms with Crippen LogP contribution in [0.4, 0.5) is 0 Å². The predicted octanol–water partition coefficient (Wildman–Crippen LogP) is 5.37. The Kier molecular flexibility index (Phi) is 6.96. The highest BCUT2D eigenvalue weighted by Crippen LogP contribution is 2.38. The summed E-state index contributed by atoms with van der Waals surface area (Å²) < 4.78 is 0. The van der Waals surface area contributed by atoms with Gasteiger partial charge in [-0.25, -0.2) is 0 Å². The lowest BCUT2D eigenvalue weighted by atomic mass is 9.77. The number of benzene rings is 4. The largest absolute Gasteiger partial charge is 0.273 e. The summed E-state index contributed by atoms with van der Waals surface area (Å²) in [7, 11) is 0. The van der Waals surface area contributed by atoms with Crippen molar-refractivity contribution >= 4 is 11.8 Å². The normalized spacial score (nSPS) is 11.6. The van der Waals surface area contributed by atoms with Crippen LogP contribution in [-0.2, 0) is 4.79 Å². The number of rotatable bonds is 6. The van der Waals surface area contributed by atoms with Crippen LogP contribution < -0.4 is 10.9 Å². The minimum absolute atomic E-state index is 0.231. The maximum atomic E-state index is 13.6. The quantitative estimate of drug-likeness (QED) is 0.401. The van der Waals surface area contributed by atoms with Crippen LogP contribution >= 0.6 is 0 Å². The molecule has 4 aromatic carbocycles. The number of aryl methyl sites for hydroxylation is 1. The first-order valence-electron chi connectivity index (χ1n) is 11.0. The van der Waals surface area contributed by atoms with Crippen LogP contribution in [0.3, 0.4) is 0 Å². The van der Waals surface area contributed by atoms with Crippen molar-refractivity contribution < 1.29 is 9.59 Å². The number of hydrogen-bond acceptors (Lipinski definition) is 2. The smallest absolute Gasteiger partial charge is 0.269 e. The Hall–Kier alpha value is -4.18. The Balaban J connectivity index is 1.69. The van der Waals surface area contributed by atoms with Crippen LogP contribution in [0, 0.1) is 6.92 Å². The molecule has 1 unspecified atom stereocenters. The van der Waals surface area contributed by atoms with E-state index in [1.54, 1.807) is 12.1 Å². The Morgan fingerprint density at radius 1 is 0.576 bits per heavy atom. The van der Waals surface area contributed by atoms with Gasteiger partial charge < -0.3 is 0 Å². The number of nitrogens with one attached hydrogen (secondary N) is 2. The molecular weight excluding hydrogens is 408 g/mol. The summed E-state index contributed by atoms with van der Waals surface area (Å²) in [4.78, 5) is 26.3. The summed E-state index contributed by atoms with van der Waals surface area (Å²) in [5.41, 5.74) is 9.59. The predicted molar refractivity (Wildman–Crippen MR) is 131 cm³/mol. The molecule has 4 aromatic rings. The highest BCUT2D eigenvalue weighted by atomic mass is 16.2. The van der Waals surface area contributed by atoms with Gasteiger partial charge in [-0.2, -0.15) is 0 Å². The van der Waals surface area contributed by atoms with Gasteiger partial charge in [0, 0.05) is 11.5 Å². The van der Waals surface area contributed by atoms with Gasteiger partial charge in [0.15, 0.2) is 0 Å². The third-order valence-electron chi connectivity index (χ3n) is 5.78. The highest BCUT2D eigenvalue weighted by molar-refractivity contribution is 5.97. The first-order chi connectivity index (χ1) is 16.1. The molecule has 2 N–H and O–H groups in total. The monoisotopic (exact) mass is 434 g/mol. The molecule has 0 aromatic heterocycles. The minimum atomic E-state index is -0.548. The minimum Gasteiger partial charge on any atom is -0.273 e. The summed E-state index contributed by atoms with van der Waals surface area (Å²) >= 11 is 0. The van der Waals surface area contributed by atoms with Crippen molar-refractivity contribution in [2.24, 2.45) is 0 Å². The van der Waals surface area contributed by atoms with Gasteiger partial charge in [-0.15, -0.1) is 0 Å². The molecule has 4 rings (SSSR count). The fraction of sp³-hybridized carbons (Fsp3) is 0.103. The van der Waals surface area contributed by atoms with Gasteiger partial charge in [-0.3, -0.25) is 20.4 Å². The summed E-state index contributed by atoms with van der Waals surface area (Å²) in [6.07, 6.45) is 0. The molecule has 0 aliphatic carbocycles. The molecule has 0 bridgehead atoms. The van der Waals surface area contributed by atoms with Crippen molar-refractivity contribution in [3.8, 4) is 0 Å². The highest BCUT2D eigenvalue weighted by Gasteiger charge is 2.32. The van der Waals surface area contributed by atoms with E-state index in [0.717, 1.165) is 22.3 Å². The molecular formula is C29H26N2O2. The molecule has 2 amide bonds. The molecule has 33 heavy (non-hydrogen) atoms. The van der Waals surface area contributed by atoms with Crippen LogP contribution in [0.25, 0.3) is 0 Å². The standard InChI is InChI=1S/C29H26N2O2/c1-21-13-11-12-20-25(21)28(32)30-31-29(33)27(24-18-9-4-10-19-24)26(22-14-5-2-6-15-22)23-16-7-3-8-17-23/h2-20,26-27H,1H3,(H,30,32)(H,31,33). The fourth-order valence-electron chi connectivity index (χ4n) is 4.14. The lowest BCUT2D eigenvalue weighted by Crippen LogP contribution is -2.45. The lowest BCUT2D eigenvalue weighted by molar-refractivity contribution is -0.123. The van der Waals surface area contributed by atoms with Gasteiger partial charge in [0.25, 0.3) is 5.91 Å². The van der Waals surface area contributed by atoms with E-state index in [9.17, 15) is 9.59 Å². The molecule has 4 heteroatoms. The number of hydrazine groups is 1.